The molecule has 2 nitrogen and oxygen atoms in total. The lowest BCUT2D eigenvalue weighted by atomic mass is 9.84. The third-order valence-electron chi connectivity index (χ3n) is 4.95. The van der Waals surface area contributed by atoms with E-state index in [9.17, 15) is 8.78 Å². The second kappa shape index (κ2) is 5.78. The molecule has 0 amide bonds. The lowest BCUT2D eigenvalue weighted by Crippen LogP contribution is -2.40. The van der Waals surface area contributed by atoms with Crippen molar-refractivity contribution in [3.8, 4) is 0 Å². The molecule has 0 aromatic heterocycles. The van der Waals surface area contributed by atoms with Crippen LogP contribution in [0.4, 0.5) is 8.78 Å². The van der Waals surface area contributed by atoms with Gasteiger partial charge in [0, 0.05) is 24.7 Å². The van der Waals surface area contributed by atoms with Crippen molar-refractivity contribution in [3.05, 3.63) is 35.4 Å². The van der Waals surface area contributed by atoms with Gasteiger partial charge < -0.3 is 5.73 Å². The van der Waals surface area contributed by atoms with Crippen molar-refractivity contribution in [2.45, 2.75) is 44.2 Å². The number of nitrogens with two attached hydrogens (primary N) is 1. The molecule has 4 heteroatoms. The third kappa shape index (κ3) is 2.59. The van der Waals surface area contributed by atoms with Crippen molar-refractivity contribution in [1.29, 1.82) is 0 Å². The van der Waals surface area contributed by atoms with Gasteiger partial charge in [-0.1, -0.05) is 12.8 Å². The van der Waals surface area contributed by atoms with E-state index in [0.717, 1.165) is 18.5 Å². The summed E-state index contributed by atoms with van der Waals surface area (Å²) in [5.41, 5.74) is 6.60. The Bertz CT molecular complexity index is 457. The van der Waals surface area contributed by atoms with Crippen LogP contribution in [0, 0.1) is 17.6 Å². The summed E-state index contributed by atoms with van der Waals surface area (Å²) in [5.74, 6) is -0.285. The molecule has 1 heterocycles. The van der Waals surface area contributed by atoms with Gasteiger partial charge in [-0.05, 0) is 49.4 Å². The van der Waals surface area contributed by atoms with E-state index in [1.165, 1.54) is 44.2 Å². The Hall–Kier alpha value is -1.00. The van der Waals surface area contributed by atoms with E-state index in [2.05, 4.69) is 4.90 Å². The van der Waals surface area contributed by atoms with Crippen molar-refractivity contribution in [1.82, 2.24) is 4.90 Å². The molecular weight excluding hydrogens is 258 g/mol. The smallest absolute Gasteiger partial charge is 0.126 e. The SMILES string of the molecule is NCC(c1cc(F)cc(F)c1)N1CCC2CCCCC21. The van der Waals surface area contributed by atoms with Crippen LogP contribution in [-0.2, 0) is 0 Å². The van der Waals surface area contributed by atoms with E-state index in [-0.39, 0.29) is 6.04 Å². The molecule has 1 saturated carbocycles. The van der Waals surface area contributed by atoms with Gasteiger partial charge in [0.2, 0.25) is 0 Å². The highest BCUT2D eigenvalue weighted by atomic mass is 19.1. The van der Waals surface area contributed by atoms with E-state index in [4.69, 9.17) is 5.73 Å². The monoisotopic (exact) mass is 280 g/mol. The molecule has 0 radical (unpaired) electrons. The molecule has 3 unspecified atom stereocenters. The summed E-state index contributed by atoms with van der Waals surface area (Å²) in [6.07, 6.45) is 6.25. The molecule has 20 heavy (non-hydrogen) atoms. The predicted molar refractivity (Wildman–Crippen MR) is 75.2 cm³/mol. The van der Waals surface area contributed by atoms with Crippen LogP contribution in [-0.4, -0.2) is 24.0 Å². The molecule has 110 valence electrons. The topological polar surface area (TPSA) is 29.3 Å². The molecule has 1 aliphatic heterocycles. The quantitative estimate of drug-likeness (QED) is 0.921. The van der Waals surface area contributed by atoms with Gasteiger partial charge >= 0.3 is 0 Å². The van der Waals surface area contributed by atoms with E-state index >= 15 is 0 Å². The zero-order valence-corrected chi connectivity index (χ0v) is 11.7. The Labute approximate surface area is 118 Å². The number of hydrogen-bond donors (Lipinski definition) is 1. The van der Waals surface area contributed by atoms with Gasteiger partial charge in [0.05, 0.1) is 0 Å². The Morgan fingerprint density at radius 3 is 2.50 bits per heavy atom. The van der Waals surface area contributed by atoms with Crippen LogP contribution < -0.4 is 5.73 Å². The van der Waals surface area contributed by atoms with E-state index < -0.39 is 11.6 Å². The van der Waals surface area contributed by atoms with E-state index in [1.54, 1.807) is 0 Å². The summed E-state index contributed by atoms with van der Waals surface area (Å²) < 4.78 is 26.9. The standard InChI is InChI=1S/C16H22F2N2/c17-13-7-12(8-14(18)9-13)16(10-19)20-6-5-11-3-1-2-4-15(11)20/h7-9,11,15-16H,1-6,10,19H2. The van der Waals surface area contributed by atoms with Crippen molar-refractivity contribution < 1.29 is 8.78 Å². The van der Waals surface area contributed by atoms with Gasteiger partial charge in [-0.3, -0.25) is 4.90 Å². The minimum absolute atomic E-state index is 0.0618. The second-order valence-corrected chi connectivity index (χ2v) is 6.09. The zero-order valence-electron chi connectivity index (χ0n) is 11.7. The van der Waals surface area contributed by atoms with Crippen molar-refractivity contribution >= 4 is 0 Å². The van der Waals surface area contributed by atoms with Crippen LogP contribution in [0.5, 0.6) is 0 Å². The first-order valence-electron chi connectivity index (χ1n) is 7.61. The van der Waals surface area contributed by atoms with Crippen LogP contribution in [0.2, 0.25) is 0 Å². The van der Waals surface area contributed by atoms with Gasteiger partial charge in [0.25, 0.3) is 0 Å². The van der Waals surface area contributed by atoms with Crippen LogP contribution in [0.3, 0.4) is 0 Å². The second-order valence-electron chi connectivity index (χ2n) is 6.09. The lowest BCUT2D eigenvalue weighted by molar-refractivity contribution is 0.135. The average Bonchev–Trinajstić information content (AvgIpc) is 2.83. The molecule has 0 bridgehead atoms. The molecular formula is C16H22F2N2. The fourth-order valence-electron chi connectivity index (χ4n) is 4.06. The number of hydrogen-bond acceptors (Lipinski definition) is 2. The van der Waals surface area contributed by atoms with Crippen LogP contribution >= 0.6 is 0 Å². The van der Waals surface area contributed by atoms with Crippen LogP contribution in [0.1, 0.15) is 43.7 Å². The third-order valence-corrected chi connectivity index (χ3v) is 4.95. The molecule has 3 atom stereocenters. The average molecular weight is 280 g/mol. The summed E-state index contributed by atoms with van der Waals surface area (Å²) in [5, 5.41) is 0. The summed E-state index contributed by atoms with van der Waals surface area (Å²) in [4.78, 5) is 2.39. The van der Waals surface area contributed by atoms with Gasteiger partial charge in [-0.25, -0.2) is 8.78 Å². The summed E-state index contributed by atoms with van der Waals surface area (Å²) >= 11 is 0. The first kappa shape index (κ1) is 14.0. The van der Waals surface area contributed by atoms with E-state index in [1.807, 2.05) is 0 Å². The van der Waals surface area contributed by atoms with Crippen molar-refractivity contribution in [2.75, 3.05) is 13.1 Å². The number of likely N-dealkylation sites (tertiary alicyclic amines) is 1. The number of benzene rings is 1. The summed E-state index contributed by atoms with van der Waals surface area (Å²) in [6.45, 7) is 1.40. The number of fused-ring (bicyclic) bond motifs is 1. The van der Waals surface area contributed by atoms with E-state index in [0.29, 0.717) is 18.2 Å². The fourth-order valence-corrected chi connectivity index (χ4v) is 4.06. The number of nitrogens with zero attached hydrogens (tertiary/aromatic N) is 1. The summed E-state index contributed by atoms with van der Waals surface area (Å²) in [7, 11) is 0. The Morgan fingerprint density at radius 1 is 1.10 bits per heavy atom. The van der Waals surface area contributed by atoms with Crippen molar-refractivity contribution in [3.63, 3.8) is 0 Å². The minimum atomic E-state index is -0.516. The van der Waals surface area contributed by atoms with Gasteiger partial charge in [0.1, 0.15) is 11.6 Å². The Morgan fingerprint density at radius 2 is 1.80 bits per heavy atom. The van der Waals surface area contributed by atoms with Crippen molar-refractivity contribution in [2.24, 2.45) is 11.7 Å². The molecule has 1 saturated heterocycles. The normalized spacial score (nSPS) is 28.4. The van der Waals surface area contributed by atoms with Crippen LogP contribution in [0.25, 0.3) is 0 Å². The van der Waals surface area contributed by atoms with Gasteiger partial charge in [0.15, 0.2) is 0 Å². The Kier molecular flexibility index (Phi) is 4.03. The zero-order chi connectivity index (χ0) is 14.1. The molecule has 2 fully saturated rings. The number of halogens is 2. The molecule has 0 spiro atoms. The molecule has 1 aliphatic carbocycles. The molecule has 1 aromatic rings. The maximum atomic E-state index is 13.4. The molecule has 2 N–H and O–H groups in total. The largest absolute Gasteiger partial charge is 0.329 e. The molecule has 1 aromatic carbocycles. The highest BCUT2D eigenvalue weighted by Gasteiger charge is 2.39. The maximum Gasteiger partial charge on any atom is 0.126 e. The van der Waals surface area contributed by atoms with Gasteiger partial charge in [-0.15, -0.1) is 0 Å². The maximum absolute atomic E-state index is 13.4. The Balaban J connectivity index is 1.85. The van der Waals surface area contributed by atoms with Gasteiger partial charge in [-0.2, -0.15) is 0 Å². The highest BCUT2D eigenvalue weighted by molar-refractivity contribution is 5.22. The minimum Gasteiger partial charge on any atom is -0.329 e. The first-order chi connectivity index (χ1) is 9.69. The molecule has 3 rings (SSSR count). The summed E-state index contributed by atoms with van der Waals surface area (Å²) in [6, 6.07) is 4.26. The lowest BCUT2D eigenvalue weighted by Gasteiger charge is -2.37. The fraction of sp³-hybridized carbons (Fsp3) is 0.625. The van der Waals surface area contributed by atoms with Crippen LogP contribution in [0.15, 0.2) is 18.2 Å². The predicted octanol–water partition coefficient (Wildman–Crippen LogP) is 3.23. The highest BCUT2D eigenvalue weighted by Crippen LogP contribution is 2.40. The molecule has 2 aliphatic rings. The number of rotatable bonds is 3. The first-order valence-corrected chi connectivity index (χ1v) is 7.61.